The van der Waals surface area contributed by atoms with Crippen molar-refractivity contribution in [3.8, 4) is 11.3 Å². The Hall–Kier alpha value is -5.41. The SMILES string of the molecule is C=C(/C=C\C(=C)c1ccc(-c2nc3c(c4c5c(ccc24)CCC=C5)=CCCC=3)cc1)C(C)=NC1c2nc(C3=CC=CCC3)ccc2C=CC1C. The van der Waals surface area contributed by atoms with Gasteiger partial charge in [0.1, 0.15) is 0 Å². The van der Waals surface area contributed by atoms with Gasteiger partial charge in [-0.05, 0) is 90.5 Å². The van der Waals surface area contributed by atoms with Crippen molar-refractivity contribution >= 4 is 51.9 Å². The molecule has 4 aliphatic carbocycles. The molecule has 0 saturated carbocycles. The van der Waals surface area contributed by atoms with Gasteiger partial charge >= 0.3 is 0 Å². The van der Waals surface area contributed by atoms with Crippen molar-refractivity contribution in [1.29, 1.82) is 0 Å². The largest absolute Gasteiger partial charge is 0.279 e. The quantitative estimate of drug-likeness (QED) is 0.148. The molecule has 0 amide bonds. The molecule has 0 N–H and O–H groups in total. The Kier molecular flexibility index (Phi) is 8.58. The number of aryl methyl sites for hydroxylation is 1. The number of fused-ring (bicyclic) bond motifs is 6. The lowest BCUT2D eigenvalue weighted by Gasteiger charge is -2.25. The van der Waals surface area contributed by atoms with E-state index < -0.39 is 0 Å². The molecule has 2 atom stereocenters. The Bertz CT molecular complexity index is 2370. The van der Waals surface area contributed by atoms with Gasteiger partial charge in [0, 0.05) is 33.2 Å². The maximum atomic E-state index is 5.22. The minimum Gasteiger partial charge on any atom is -0.279 e. The van der Waals surface area contributed by atoms with Crippen molar-refractivity contribution in [3.05, 3.63) is 154 Å². The fourth-order valence-corrected chi connectivity index (χ4v) is 7.60. The van der Waals surface area contributed by atoms with Crippen molar-refractivity contribution in [2.45, 2.75) is 58.4 Å². The van der Waals surface area contributed by atoms with Crippen LogP contribution in [-0.2, 0) is 6.42 Å². The molecule has 3 nitrogen and oxygen atoms in total. The highest BCUT2D eigenvalue weighted by molar-refractivity contribution is 6.02. The lowest BCUT2D eigenvalue weighted by Crippen LogP contribution is -2.32. The molecule has 0 aliphatic heterocycles. The first-order valence-corrected chi connectivity index (χ1v) is 18.0. The molecule has 0 spiro atoms. The van der Waals surface area contributed by atoms with Crippen LogP contribution < -0.4 is 10.6 Å². The highest BCUT2D eigenvalue weighted by Gasteiger charge is 2.25. The van der Waals surface area contributed by atoms with Crippen LogP contribution in [0.4, 0.5) is 0 Å². The second-order valence-electron chi connectivity index (χ2n) is 13.9. The summed E-state index contributed by atoms with van der Waals surface area (Å²) in [5, 5.41) is 4.97. The summed E-state index contributed by atoms with van der Waals surface area (Å²) in [6.07, 6.45) is 30.7. The van der Waals surface area contributed by atoms with Crippen LogP contribution in [-0.4, -0.2) is 15.7 Å². The van der Waals surface area contributed by atoms with E-state index in [1.807, 2.05) is 19.1 Å². The monoisotopic (exact) mass is 649 g/mol. The van der Waals surface area contributed by atoms with Gasteiger partial charge in [-0.15, -0.1) is 0 Å². The molecule has 0 radical (unpaired) electrons. The van der Waals surface area contributed by atoms with E-state index in [0.717, 1.165) is 94.5 Å². The predicted molar refractivity (Wildman–Crippen MR) is 214 cm³/mol. The van der Waals surface area contributed by atoms with Gasteiger partial charge < -0.3 is 0 Å². The van der Waals surface area contributed by atoms with Crippen LogP contribution in [0.15, 0.2) is 115 Å². The van der Waals surface area contributed by atoms with Gasteiger partial charge in [0.25, 0.3) is 0 Å². The van der Waals surface area contributed by atoms with Crippen LogP contribution in [0.1, 0.15) is 85.6 Å². The first-order valence-electron chi connectivity index (χ1n) is 18.0. The lowest BCUT2D eigenvalue weighted by atomic mass is 9.88. The molecule has 50 heavy (non-hydrogen) atoms. The standard InChI is InChI=1S/C47H43N3/c1-30(33(4)48-45-32(3)20-21-38-27-29-42(49-47(38)45)36-13-6-5-7-14-36)18-19-31(2)34-22-24-37(25-23-34)46-41-28-26-35-12-8-9-15-39(35)44(41)40-16-10-11-17-43(40)50-46/h5-6,9,13,15-29,32,45H,1-2,7-8,10-12,14H2,3-4H3/b19-18-,48-33?. The molecule has 2 aromatic heterocycles. The fraction of sp³-hybridized carbons (Fsp3) is 0.213. The van der Waals surface area contributed by atoms with E-state index in [0.29, 0.717) is 0 Å². The third-order valence-electron chi connectivity index (χ3n) is 10.6. The minimum atomic E-state index is -0.0547. The highest BCUT2D eigenvalue weighted by Crippen LogP contribution is 2.36. The summed E-state index contributed by atoms with van der Waals surface area (Å²) in [6, 6.07) is 17.5. The van der Waals surface area contributed by atoms with Gasteiger partial charge in [-0.25, -0.2) is 4.98 Å². The van der Waals surface area contributed by atoms with Crippen molar-refractivity contribution < 1.29 is 0 Å². The molecule has 2 heterocycles. The van der Waals surface area contributed by atoms with E-state index in [9.17, 15) is 0 Å². The summed E-state index contributed by atoms with van der Waals surface area (Å²) in [5.74, 6) is 0.241. The van der Waals surface area contributed by atoms with Gasteiger partial charge in [0.2, 0.25) is 0 Å². The highest BCUT2D eigenvalue weighted by atomic mass is 14.9. The summed E-state index contributed by atoms with van der Waals surface area (Å²) in [7, 11) is 0. The zero-order valence-electron chi connectivity index (χ0n) is 29.1. The summed E-state index contributed by atoms with van der Waals surface area (Å²) in [4.78, 5) is 15.6. The number of rotatable bonds is 7. The second kappa shape index (κ2) is 13.5. The molecule has 3 heteroatoms. The molecular weight excluding hydrogens is 607 g/mol. The topological polar surface area (TPSA) is 38.1 Å². The van der Waals surface area contributed by atoms with Gasteiger partial charge in [-0.1, -0.05) is 129 Å². The Morgan fingerprint density at radius 1 is 0.860 bits per heavy atom. The number of aromatic nitrogens is 2. The predicted octanol–water partition coefficient (Wildman–Crippen LogP) is 10.3. The van der Waals surface area contributed by atoms with E-state index in [4.69, 9.17) is 15.0 Å². The Balaban J connectivity index is 1.03. The molecule has 2 unspecified atom stereocenters. The Morgan fingerprint density at radius 2 is 1.70 bits per heavy atom. The third-order valence-corrected chi connectivity index (χ3v) is 10.6. The first-order chi connectivity index (χ1) is 24.4. The van der Waals surface area contributed by atoms with Crippen LogP contribution in [0.3, 0.4) is 0 Å². The van der Waals surface area contributed by atoms with Gasteiger partial charge in [0.15, 0.2) is 0 Å². The summed E-state index contributed by atoms with van der Waals surface area (Å²) in [6.45, 7) is 13.0. The van der Waals surface area contributed by atoms with Crippen LogP contribution in [0.2, 0.25) is 0 Å². The maximum absolute atomic E-state index is 5.22. The molecule has 8 rings (SSSR count). The van der Waals surface area contributed by atoms with Crippen LogP contribution in [0, 0.1) is 5.92 Å². The molecule has 0 fully saturated rings. The molecule has 246 valence electrons. The second-order valence-corrected chi connectivity index (χ2v) is 13.9. The number of nitrogens with zero attached hydrogens (tertiary/aromatic N) is 3. The van der Waals surface area contributed by atoms with Crippen LogP contribution in [0.5, 0.6) is 0 Å². The van der Waals surface area contributed by atoms with Crippen LogP contribution >= 0.6 is 0 Å². The molecule has 2 aromatic carbocycles. The number of hydrogen-bond donors (Lipinski definition) is 0. The van der Waals surface area contributed by atoms with E-state index in [1.165, 1.54) is 32.7 Å². The minimum absolute atomic E-state index is 0.0547. The zero-order chi connectivity index (χ0) is 34.2. The normalized spacial score (nSPS) is 19.3. The molecule has 4 aromatic rings. The average molecular weight is 650 g/mol. The van der Waals surface area contributed by atoms with E-state index in [1.54, 1.807) is 0 Å². The first kappa shape index (κ1) is 31.8. The average Bonchev–Trinajstić information content (AvgIpc) is 3.17. The van der Waals surface area contributed by atoms with Crippen molar-refractivity contribution in [1.82, 2.24) is 9.97 Å². The smallest absolute Gasteiger partial charge is 0.0988 e. The summed E-state index contributed by atoms with van der Waals surface area (Å²) >= 11 is 0. The molecule has 0 bridgehead atoms. The van der Waals surface area contributed by atoms with E-state index >= 15 is 0 Å². The van der Waals surface area contributed by atoms with E-state index in [2.05, 4.69) is 123 Å². The van der Waals surface area contributed by atoms with Gasteiger partial charge in [-0.2, -0.15) is 0 Å². The van der Waals surface area contributed by atoms with E-state index in [-0.39, 0.29) is 12.0 Å². The molecule has 0 saturated heterocycles. The van der Waals surface area contributed by atoms with Gasteiger partial charge in [-0.3, -0.25) is 9.98 Å². The maximum Gasteiger partial charge on any atom is 0.0988 e. The molecule has 4 aliphatic rings. The number of hydrogen-bond acceptors (Lipinski definition) is 3. The number of allylic oxidation sites excluding steroid dienone is 9. The van der Waals surface area contributed by atoms with Crippen molar-refractivity contribution in [2.75, 3.05) is 0 Å². The third kappa shape index (κ3) is 6.02. The summed E-state index contributed by atoms with van der Waals surface area (Å²) in [5.41, 5.74) is 13.3. The number of benzene rings is 2. The zero-order valence-corrected chi connectivity index (χ0v) is 29.1. The van der Waals surface area contributed by atoms with Crippen molar-refractivity contribution in [2.24, 2.45) is 10.9 Å². The van der Waals surface area contributed by atoms with Crippen LogP contribution in [0.25, 0.3) is 57.5 Å². The number of pyridine rings is 2. The number of aliphatic imine (C=N–C) groups is 1. The summed E-state index contributed by atoms with van der Waals surface area (Å²) < 4.78 is 0. The Morgan fingerprint density at radius 3 is 2.54 bits per heavy atom. The molecular formula is C47H43N3. The van der Waals surface area contributed by atoms with Gasteiger partial charge in [0.05, 0.1) is 28.5 Å². The Labute approximate surface area is 295 Å². The van der Waals surface area contributed by atoms with Crippen molar-refractivity contribution in [3.63, 3.8) is 0 Å². The lowest BCUT2D eigenvalue weighted by molar-refractivity contribution is 0.549. The fourth-order valence-electron chi connectivity index (χ4n) is 7.60.